The number of tetrazole rings is 1. The normalized spacial score (nSPS) is 23.9. The monoisotopic (exact) mass is 697 g/mol. The third-order valence-electron chi connectivity index (χ3n) is 10.3. The van der Waals surface area contributed by atoms with Crippen LogP contribution >= 0.6 is 0 Å². The minimum Gasteiger partial charge on any atom is -0.487 e. The first-order valence-electron chi connectivity index (χ1n) is 18.1. The number of anilines is 2. The molecule has 3 fully saturated rings. The molecule has 1 unspecified atom stereocenters. The van der Waals surface area contributed by atoms with Gasteiger partial charge in [-0.15, -0.1) is 10.2 Å². The molecule has 1 saturated heterocycles. The van der Waals surface area contributed by atoms with Gasteiger partial charge in [-0.25, -0.2) is 14.6 Å². The molecular weight excluding hydrogens is 650 g/mol. The Morgan fingerprint density at radius 3 is 2.49 bits per heavy atom. The molecule has 270 valence electrons. The number of nitrogens with zero attached hydrogens (tertiary/aromatic N) is 10. The van der Waals surface area contributed by atoms with Gasteiger partial charge in [0.05, 0.1) is 48.8 Å². The van der Waals surface area contributed by atoms with Gasteiger partial charge in [-0.05, 0) is 93.8 Å². The minimum atomic E-state index is -0.634. The van der Waals surface area contributed by atoms with Crippen LogP contribution in [0.15, 0.2) is 43.1 Å². The Kier molecular flexibility index (Phi) is 10.4. The summed E-state index contributed by atoms with van der Waals surface area (Å²) < 4.78 is 21.9. The van der Waals surface area contributed by atoms with Crippen LogP contribution in [-0.2, 0) is 11.3 Å². The molecule has 3 aliphatic rings. The molecule has 4 heterocycles. The van der Waals surface area contributed by atoms with Crippen LogP contribution in [0.2, 0.25) is 0 Å². The molecule has 2 N–H and O–H groups in total. The fraction of sp³-hybridized carbons (Fsp3) is 0.583. The smallest absolute Gasteiger partial charge is 0.256 e. The molecule has 15 heteroatoms. The topological polar surface area (TPSA) is 174 Å². The van der Waals surface area contributed by atoms with E-state index in [0.29, 0.717) is 54.4 Å². The number of ether oxygens (including phenoxy) is 3. The van der Waals surface area contributed by atoms with E-state index in [-0.39, 0.29) is 24.4 Å². The molecule has 3 atom stereocenters. The molecule has 3 aromatic heterocycles. The summed E-state index contributed by atoms with van der Waals surface area (Å²) in [6.07, 6.45) is 14.8. The zero-order valence-electron chi connectivity index (χ0n) is 29.6. The van der Waals surface area contributed by atoms with Crippen molar-refractivity contribution in [1.82, 2.24) is 44.9 Å². The second-order valence-corrected chi connectivity index (χ2v) is 14.4. The van der Waals surface area contributed by atoms with E-state index in [1.165, 1.54) is 6.33 Å². The number of morpholine rings is 1. The molecule has 0 bridgehead atoms. The van der Waals surface area contributed by atoms with Crippen molar-refractivity contribution in [3.8, 4) is 28.8 Å². The lowest BCUT2D eigenvalue weighted by Gasteiger charge is -2.42. The van der Waals surface area contributed by atoms with Gasteiger partial charge in [-0.1, -0.05) is 6.07 Å². The molecule has 0 spiro atoms. The van der Waals surface area contributed by atoms with Gasteiger partial charge in [-0.2, -0.15) is 5.26 Å². The highest BCUT2D eigenvalue weighted by Crippen LogP contribution is 2.37. The lowest BCUT2D eigenvalue weighted by Crippen LogP contribution is -2.51. The van der Waals surface area contributed by atoms with Crippen LogP contribution in [0, 0.1) is 11.3 Å². The highest BCUT2D eigenvalue weighted by Gasteiger charge is 2.35. The van der Waals surface area contributed by atoms with Crippen molar-refractivity contribution in [2.24, 2.45) is 0 Å². The minimum absolute atomic E-state index is 0.262. The van der Waals surface area contributed by atoms with Gasteiger partial charge < -0.3 is 24.6 Å². The Labute approximate surface area is 297 Å². The van der Waals surface area contributed by atoms with Crippen LogP contribution in [0.1, 0.15) is 83.7 Å². The Balaban J connectivity index is 1.03. The number of nitriles is 1. The maximum atomic E-state index is 10.6. The fourth-order valence-electron chi connectivity index (χ4n) is 7.47. The van der Waals surface area contributed by atoms with Crippen LogP contribution in [0.3, 0.4) is 0 Å². The van der Waals surface area contributed by atoms with E-state index in [1.54, 1.807) is 23.1 Å². The van der Waals surface area contributed by atoms with Crippen LogP contribution < -0.4 is 14.8 Å². The van der Waals surface area contributed by atoms with Gasteiger partial charge in [0, 0.05) is 43.5 Å². The van der Waals surface area contributed by atoms with Gasteiger partial charge in [0.15, 0.2) is 0 Å². The third kappa shape index (κ3) is 8.46. The second kappa shape index (κ2) is 15.3. The van der Waals surface area contributed by atoms with Crippen LogP contribution in [-0.4, -0.2) is 99.6 Å². The Hall–Kier alpha value is -4.65. The first kappa shape index (κ1) is 34.8. The van der Waals surface area contributed by atoms with Gasteiger partial charge in [-0.3, -0.25) is 9.58 Å². The summed E-state index contributed by atoms with van der Waals surface area (Å²) >= 11 is 0. The average Bonchev–Trinajstić information content (AvgIpc) is 3.77. The molecule has 1 aromatic carbocycles. The molecule has 0 radical (unpaired) electrons. The van der Waals surface area contributed by atoms with Crippen molar-refractivity contribution in [2.75, 3.05) is 25.0 Å². The van der Waals surface area contributed by atoms with Gasteiger partial charge in [0.25, 0.3) is 5.88 Å². The molecular formula is C36H47N11O4. The molecule has 0 amide bonds. The summed E-state index contributed by atoms with van der Waals surface area (Å²) in [5, 5.41) is 39.8. The number of aliphatic hydroxyl groups is 1. The maximum Gasteiger partial charge on any atom is 0.256 e. The fourth-order valence-corrected chi connectivity index (χ4v) is 7.47. The number of nitrogens with one attached hydrogen (secondary N) is 1. The van der Waals surface area contributed by atoms with Crippen LogP contribution in [0.25, 0.3) is 11.1 Å². The molecule has 2 saturated carbocycles. The average molecular weight is 698 g/mol. The summed E-state index contributed by atoms with van der Waals surface area (Å²) in [6, 6.07) is 8.43. The van der Waals surface area contributed by atoms with Crippen molar-refractivity contribution in [3.05, 3.63) is 48.7 Å². The van der Waals surface area contributed by atoms with Crippen molar-refractivity contribution >= 4 is 11.6 Å². The van der Waals surface area contributed by atoms with E-state index < -0.39 is 5.60 Å². The number of aromatic nitrogens is 8. The van der Waals surface area contributed by atoms with Crippen molar-refractivity contribution in [3.63, 3.8) is 0 Å². The predicted octanol–water partition coefficient (Wildman–Crippen LogP) is 4.69. The summed E-state index contributed by atoms with van der Waals surface area (Å²) in [5.41, 5.74) is 2.06. The Morgan fingerprint density at radius 2 is 1.82 bits per heavy atom. The standard InChI is InChI=1S/C36H47N11O4/c1-24-19-45(20-25(2)50-24)30-7-9-31(10-8-30)47-22-32(34(42-47)49-14-13-36(48)11-4-12-36)41-35-38-17-29(18-39-35)27-5-6-28(16-37)33(15-27)51-26(3)21-46-23-40-43-44-46/h5-6,15,17-18,22-26,30-31,48H,4,7-14,19-21H2,1-3H3,(H,38,39,41)/t24-,25+,26?,30?,31?. The third-order valence-corrected chi connectivity index (χ3v) is 10.3. The summed E-state index contributed by atoms with van der Waals surface area (Å²) in [7, 11) is 0. The largest absolute Gasteiger partial charge is 0.487 e. The van der Waals surface area contributed by atoms with Crippen molar-refractivity contribution in [2.45, 2.75) is 115 Å². The van der Waals surface area contributed by atoms with E-state index in [4.69, 9.17) is 19.3 Å². The molecule has 15 nitrogen and oxygen atoms in total. The summed E-state index contributed by atoms with van der Waals surface area (Å²) in [6.45, 7) is 9.00. The first-order chi connectivity index (χ1) is 24.7. The lowest BCUT2D eigenvalue weighted by molar-refractivity contribution is -0.0852. The number of hydrogen-bond acceptors (Lipinski definition) is 13. The summed E-state index contributed by atoms with van der Waals surface area (Å²) in [4.78, 5) is 11.8. The first-order valence-corrected chi connectivity index (χ1v) is 18.1. The van der Waals surface area contributed by atoms with Crippen molar-refractivity contribution < 1.29 is 19.3 Å². The van der Waals surface area contributed by atoms with Gasteiger partial charge in [0.2, 0.25) is 5.95 Å². The van der Waals surface area contributed by atoms with E-state index in [9.17, 15) is 10.4 Å². The molecule has 1 aliphatic heterocycles. The van der Waals surface area contributed by atoms with E-state index in [1.807, 2.05) is 29.9 Å². The Bertz CT molecular complexity index is 1770. The highest BCUT2D eigenvalue weighted by atomic mass is 16.5. The second-order valence-electron chi connectivity index (χ2n) is 14.4. The summed E-state index contributed by atoms with van der Waals surface area (Å²) in [5.74, 6) is 1.34. The molecule has 51 heavy (non-hydrogen) atoms. The predicted molar refractivity (Wildman–Crippen MR) is 187 cm³/mol. The van der Waals surface area contributed by atoms with E-state index in [2.05, 4.69) is 55.6 Å². The quantitative estimate of drug-likeness (QED) is 0.197. The lowest BCUT2D eigenvalue weighted by atomic mass is 9.78. The van der Waals surface area contributed by atoms with Gasteiger partial charge in [0.1, 0.15) is 29.9 Å². The zero-order chi connectivity index (χ0) is 35.4. The number of benzene rings is 1. The van der Waals surface area contributed by atoms with Crippen LogP contribution in [0.5, 0.6) is 11.6 Å². The van der Waals surface area contributed by atoms with Gasteiger partial charge >= 0.3 is 0 Å². The maximum absolute atomic E-state index is 10.6. The number of rotatable bonds is 13. The Morgan fingerprint density at radius 1 is 1.08 bits per heavy atom. The molecule has 7 rings (SSSR count). The molecule has 4 aromatic rings. The molecule has 2 aliphatic carbocycles. The van der Waals surface area contributed by atoms with Crippen LogP contribution in [0.4, 0.5) is 11.6 Å². The zero-order valence-corrected chi connectivity index (χ0v) is 29.6. The SMILES string of the molecule is CC(Cn1cnnn1)Oc1cc(-c2cnc(Nc3cn(C4CCC(N5C[C@@H](C)O[C@@H](C)C5)CC4)nc3OCCC3(O)CCC3)nc2)ccc1C#N. The van der Waals surface area contributed by atoms with E-state index >= 15 is 0 Å². The number of hydrogen-bond donors (Lipinski definition) is 2. The van der Waals surface area contributed by atoms with Crippen molar-refractivity contribution in [1.29, 1.82) is 5.26 Å². The van der Waals surface area contributed by atoms with E-state index in [0.717, 1.165) is 69.2 Å². The highest BCUT2D eigenvalue weighted by molar-refractivity contribution is 5.67.